The predicted octanol–water partition coefficient (Wildman–Crippen LogP) is 6.63. The molecule has 4 nitrogen and oxygen atoms in total. The summed E-state index contributed by atoms with van der Waals surface area (Å²) in [6.45, 7) is 16.4. The first kappa shape index (κ1) is 24.9. The molecule has 2 N–H and O–H groups in total. The van der Waals surface area contributed by atoms with Crippen molar-refractivity contribution in [2.45, 2.75) is 103 Å². The molecule has 1 aliphatic carbocycles. The van der Waals surface area contributed by atoms with Gasteiger partial charge in [-0.05, 0) is 97.9 Å². The van der Waals surface area contributed by atoms with Crippen LogP contribution in [0.4, 0.5) is 5.69 Å². The molecule has 34 heavy (non-hydrogen) atoms. The van der Waals surface area contributed by atoms with Crippen LogP contribution in [0.3, 0.4) is 0 Å². The molecule has 4 rings (SSSR count). The van der Waals surface area contributed by atoms with Crippen LogP contribution in [0.1, 0.15) is 86.1 Å². The third kappa shape index (κ3) is 4.67. The van der Waals surface area contributed by atoms with Crippen molar-refractivity contribution in [3.63, 3.8) is 0 Å². The van der Waals surface area contributed by atoms with Crippen LogP contribution < -0.4 is 5.32 Å². The normalized spacial score (nSPS) is 25.6. The quantitative estimate of drug-likeness (QED) is 0.482. The number of nitrogens with zero attached hydrogens (tertiary/aromatic N) is 2. The average molecular weight is 463 g/mol. The minimum absolute atomic E-state index is 0.0136. The second-order valence-corrected chi connectivity index (χ2v) is 12.1. The molecule has 1 aromatic rings. The van der Waals surface area contributed by atoms with E-state index in [-0.39, 0.29) is 16.5 Å². The van der Waals surface area contributed by atoms with E-state index in [1.807, 2.05) is 0 Å². The highest BCUT2D eigenvalue weighted by molar-refractivity contribution is 6.03. The van der Waals surface area contributed by atoms with Crippen LogP contribution in [0.5, 0.6) is 0 Å². The van der Waals surface area contributed by atoms with Gasteiger partial charge >= 0.3 is 0 Å². The van der Waals surface area contributed by atoms with Gasteiger partial charge in [-0.2, -0.15) is 9.64 Å². The molecular formula is C30H44N3O+. The van der Waals surface area contributed by atoms with Gasteiger partial charge in [0, 0.05) is 34.8 Å². The van der Waals surface area contributed by atoms with Gasteiger partial charge in [0.2, 0.25) is 5.69 Å². The lowest BCUT2D eigenvalue weighted by Gasteiger charge is -2.51. The Hall–Kier alpha value is -2.17. The zero-order chi connectivity index (χ0) is 24.7. The van der Waals surface area contributed by atoms with E-state index in [1.165, 1.54) is 34.5 Å². The van der Waals surface area contributed by atoms with Crippen molar-refractivity contribution in [3.8, 4) is 0 Å². The number of allylic oxidation sites excluding steroid dienone is 5. The minimum atomic E-state index is -0.234. The minimum Gasteiger partial charge on any atom is -0.388 e. The molecule has 2 aliphatic heterocycles. The summed E-state index contributed by atoms with van der Waals surface area (Å²) in [6, 6.07) is 9.18. The van der Waals surface area contributed by atoms with Crippen molar-refractivity contribution < 1.29 is 9.78 Å². The van der Waals surface area contributed by atoms with E-state index in [0.29, 0.717) is 6.04 Å². The van der Waals surface area contributed by atoms with Gasteiger partial charge in [-0.15, -0.1) is 0 Å². The highest BCUT2D eigenvalue weighted by Gasteiger charge is 2.45. The number of hydrogen-bond acceptors (Lipinski definition) is 3. The summed E-state index contributed by atoms with van der Waals surface area (Å²) in [6.07, 6.45) is 14.6. The third-order valence-corrected chi connectivity index (χ3v) is 8.02. The summed E-state index contributed by atoms with van der Waals surface area (Å²) in [4.78, 5) is 0. The molecule has 3 aliphatic rings. The lowest BCUT2D eigenvalue weighted by molar-refractivity contribution is -0.433. The van der Waals surface area contributed by atoms with E-state index in [1.54, 1.807) is 5.06 Å². The van der Waals surface area contributed by atoms with Gasteiger partial charge in [0.15, 0.2) is 5.71 Å². The maximum absolute atomic E-state index is 10.6. The van der Waals surface area contributed by atoms with Crippen LogP contribution in [0.15, 0.2) is 59.8 Å². The summed E-state index contributed by atoms with van der Waals surface area (Å²) >= 11 is 0. The number of rotatable bonds is 5. The number of nitrogens with one attached hydrogen (secondary N) is 1. The first-order chi connectivity index (χ1) is 16.0. The Morgan fingerprint density at radius 2 is 1.71 bits per heavy atom. The second-order valence-electron chi connectivity index (χ2n) is 12.1. The molecule has 0 radical (unpaired) electrons. The fourth-order valence-corrected chi connectivity index (χ4v) is 6.41. The third-order valence-electron chi connectivity index (χ3n) is 8.02. The van der Waals surface area contributed by atoms with Crippen molar-refractivity contribution in [3.05, 3.63) is 65.4 Å². The molecule has 0 amide bonds. The van der Waals surface area contributed by atoms with Crippen LogP contribution in [-0.2, 0) is 5.41 Å². The maximum atomic E-state index is 10.6. The molecule has 2 heterocycles. The molecule has 184 valence electrons. The molecule has 0 atom stereocenters. The molecule has 4 heteroatoms. The Morgan fingerprint density at radius 3 is 2.38 bits per heavy atom. The van der Waals surface area contributed by atoms with Crippen LogP contribution in [0, 0.1) is 0 Å². The zero-order valence-electron chi connectivity index (χ0n) is 22.3. The molecule has 0 saturated carbocycles. The van der Waals surface area contributed by atoms with Gasteiger partial charge in [-0.25, -0.2) is 0 Å². The lowest BCUT2D eigenvalue weighted by Crippen LogP contribution is -2.62. The van der Waals surface area contributed by atoms with E-state index in [9.17, 15) is 5.21 Å². The SMILES string of the molecule is CC[N+]1=C(C=CC2=CC(=CNC3CC(C)(C)N(O)C(C)(C)C3)CCC2)C(C)(C)c2ccccc21. The molecule has 0 spiro atoms. The molecular weight excluding hydrogens is 418 g/mol. The highest BCUT2D eigenvalue weighted by atomic mass is 16.5. The Kier molecular flexibility index (Phi) is 6.69. The summed E-state index contributed by atoms with van der Waals surface area (Å²) in [7, 11) is 0. The van der Waals surface area contributed by atoms with Crippen LogP contribution >= 0.6 is 0 Å². The Balaban J connectivity index is 1.51. The lowest BCUT2D eigenvalue weighted by atomic mass is 9.79. The van der Waals surface area contributed by atoms with Crippen molar-refractivity contribution in [1.29, 1.82) is 0 Å². The topological polar surface area (TPSA) is 38.5 Å². The Morgan fingerprint density at radius 1 is 1.03 bits per heavy atom. The zero-order valence-corrected chi connectivity index (χ0v) is 22.3. The van der Waals surface area contributed by atoms with Crippen molar-refractivity contribution in [2.24, 2.45) is 0 Å². The van der Waals surface area contributed by atoms with Gasteiger partial charge in [0.25, 0.3) is 0 Å². The number of hydrogen-bond donors (Lipinski definition) is 2. The first-order valence-corrected chi connectivity index (χ1v) is 13.0. The predicted molar refractivity (Wildman–Crippen MR) is 142 cm³/mol. The van der Waals surface area contributed by atoms with Gasteiger partial charge in [0.05, 0.1) is 5.41 Å². The number of benzene rings is 1. The van der Waals surface area contributed by atoms with E-state index in [4.69, 9.17) is 0 Å². The van der Waals surface area contributed by atoms with Crippen molar-refractivity contribution >= 4 is 11.4 Å². The van der Waals surface area contributed by atoms with Gasteiger partial charge in [-0.1, -0.05) is 30.4 Å². The first-order valence-electron chi connectivity index (χ1n) is 13.0. The molecule has 0 unspecified atom stereocenters. The van der Waals surface area contributed by atoms with Gasteiger partial charge < -0.3 is 10.5 Å². The summed E-state index contributed by atoms with van der Waals surface area (Å²) < 4.78 is 2.46. The highest BCUT2D eigenvalue weighted by Crippen LogP contribution is 2.40. The largest absolute Gasteiger partial charge is 0.388 e. The number of fused-ring (bicyclic) bond motifs is 1. The standard InChI is InChI=1S/C30H43N3O/c1-8-32-26-15-10-9-14-25(26)30(6,7)27(32)17-16-22-12-11-13-23(18-22)21-31-24-19-28(2,3)33(34)29(4,5)20-24/h9-10,14-18,21,24,34H,8,11-13,19-20H2,1-7H3/p+1. The van der Waals surface area contributed by atoms with Crippen LogP contribution in [-0.4, -0.2) is 44.2 Å². The van der Waals surface area contributed by atoms with Gasteiger partial charge in [0.1, 0.15) is 6.54 Å². The maximum Gasteiger partial charge on any atom is 0.209 e. The summed E-state index contributed by atoms with van der Waals surface area (Å²) in [5.74, 6) is 0. The van der Waals surface area contributed by atoms with Gasteiger partial charge in [-0.3, -0.25) is 0 Å². The molecule has 1 saturated heterocycles. The molecule has 0 bridgehead atoms. The number of hydroxylamine groups is 2. The number of piperidine rings is 1. The summed E-state index contributed by atoms with van der Waals surface area (Å²) in [5.41, 5.74) is 6.46. The second kappa shape index (κ2) is 9.13. The van der Waals surface area contributed by atoms with Crippen molar-refractivity contribution in [2.75, 3.05) is 6.54 Å². The van der Waals surface area contributed by atoms with Crippen LogP contribution in [0.25, 0.3) is 0 Å². The van der Waals surface area contributed by atoms with Crippen molar-refractivity contribution in [1.82, 2.24) is 10.4 Å². The van der Waals surface area contributed by atoms with E-state index in [2.05, 4.69) is 107 Å². The Labute approximate surface area is 206 Å². The fraction of sp³-hybridized carbons (Fsp3) is 0.567. The summed E-state index contributed by atoms with van der Waals surface area (Å²) in [5, 5.41) is 15.8. The number of para-hydroxylation sites is 1. The average Bonchev–Trinajstić information content (AvgIpc) is 3.00. The van der Waals surface area contributed by atoms with E-state index < -0.39 is 0 Å². The fourth-order valence-electron chi connectivity index (χ4n) is 6.41. The monoisotopic (exact) mass is 462 g/mol. The smallest absolute Gasteiger partial charge is 0.209 e. The van der Waals surface area contributed by atoms with E-state index in [0.717, 1.165) is 32.2 Å². The molecule has 0 aromatic heterocycles. The molecule has 1 aromatic carbocycles. The Bertz CT molecular complexity index is 1040. The van der Waals surface area contributed by atoms with E-state index >= 15 is 0 Å². The van der Waals surface area contributed by atoms with Crippen LogP contribution in [0.2, 0.25) is 0 Å². The molecule has 1 fully saturated rings.